The van der Waals surface area contributed by atoms with Crippen LogP contribution < -0.4 is 0 Å². The smallest absolute Gasteiger partial charge is 0.0801 e. The molecule has 0 amide bonds. The first-order valence-electron chi connectivity index (χ1n) is 12.2. The maximum Gasteiger partial charge on any atom is 0.0801 e. The van der Waals surface area contributed by atoms with Crippen LogP contribution in [0.4, 0.5) is 0 Å². The summed E-state index contributed by atoms with van der Waals surface area (Å²) in [6.45, 7) is 0. The SMILES string of the molecule is Brc1c2nc(c(-c3ccccc3)c3ccc([nH]3)c(Br)c3nc(c(-c4ccccc4)c4ccc1[nH]4)C=C3)C=C2.[Zn]. The quantitative estimate of drug-likeness (QED) is 0.178. The summed E-state index contributed by atoms with van der Waals surface area (Å²) in [6, 6.07) is 29.1. The first-order chi connectivity index (χ1) is 18.7. The minimum absolute atomic E-state index is 0. The minimum Gasteiger partial charge on any atom is -0.354 e. The number of nitrogens with one attached hydrogen (secondary N) is 2. The minimum atomic E-state index is 0. The van der Waals surface area contributed by atoms with E-state index < -0.39 is 0 Å². The summed E-state index contributed by atoms with van der Waals surface area (Å²) >= 11 is 7.66. The maximum absolute atomic E-state index is 5.05. The van der Waals surface area contributed by atoms with Gasteiger partial charge in [0.25, 0.3) is 0 Å². The van der Waals surface area contributed by atoms with Crippen LogP contribution in [0.1, 0.15) is 22.8 Å². The molecule has 2 aliphatic heterocycles. The van der Waals surface area contributed by atoms with E-state index in [1.165, 1.54) is 0 Å². The van der Waals surface area contributed by atoms with Gasteiger partial charge in [-0.05, 0) is 91.6 Å². The Hall–Kier alpha value is -3.38. The molecule has 0 radical (unpaired) electrons. The van der Waals surface area contributed by atoms with Crippen molar-refractivity contribution >= 4 is 78.2 Å². The van der Waals surface area contributed by atoms with E-state index >= 15 is 0 Å². The summed E-state index contributed by atoms with van der Waals surface area (Å²) < 4.78 is 1.81. The van der Waals surface area contributed by atoms with E-state index in [9.17, 15) is 0 Å². The molecule has 7 heteroatoms. The molecule has 0 aliphatic carbocycles. The summed E-state index contributed by atoms with van der Waals surface area (Å²) in [5.41, 5.74) is 11.7. The molecule has 2 aliphatic rings. The van der Waals surface area contributed by atoms with Crippen LogP contribution in [-0.2, 0) is 19.5 Å². The van der Waals surface area contributed by atoms with E-state index in [0.717, 1.165) is 76.0 Å². The van der Waals surface area contributed by atoms with Crippen LogP contribution in [0.2, 0.25) is 0 Å². The standard InChI is InChI=1S/C32H20Br2N4.Zn/c33-31-25-15-11-21(35-25)29(19-7-3-1-4-8-19)22-12-16-26(36-22)32(34)28-18-14-24(38-28)30(20-9-5-2-6-10-20)23-13-17-27(31)37-23;/h1-18,35,38H;. The molecular weight excluding hydrogens is 666 g/mol. The first kappa shape index (κ1) is 25.9. The van der Waals surface area contributed by atoms with Gasteiger partial charge in [-0.15, -0.1) is 0 Å². The van der Waals surface area contributed by atoms with Crippen LogP contribution in [-0.4, -0.2) is 19.9 Å². The van der Waals surface area contributed by atoms with E-state index in [1.807, 2.05) is 12.1 Å². The fourth-order valence-electron chi connectivity index (χ4n) is 4.95. The van der Waals surface area contributed by atoms with Gasteiger partial charge in [-0.2, -0.15) is 0 Å². The molecule has 5 aromatic rings. The van der Waals surface area contributed by atoms with Crippen LogP contribution >= 0.6 is 31.9 Å². The number of rotatable bonds is 2. The normalized spacial score (nSPS) is 11.9. The van der Waals surface area contributed by atoms with Crippen LogP contribution in [0.5, 0.6) is 0 Å². The van der Waals surface area contributed by atoms with Crippen molar-refractivity contribution in [3.8, 4) is 22.3 Å². The van der Waals surface area contributed by atoms with Gasteiger partial charge in [0.05, 0.1) is 42.8 Å². The second kappa shape index (κ2) is 10.7. The van der Waals surface area contributed by atoms with Crippen molar-refractivity contribution in [2.45, 2.75) is 0 Å². The Labute approximate surface area is 255 Å². The number of benzene rings is 2. The molecule has 0 atom stereocenters. The van der Waals surface area contributed by atoms with Gasteiger partial charge < -0.3 is 9.97 Å². The van der Waals surface area contributed by atoms with E-state index in [4.69, 9.17) is 9.97 Å². The number of nitrogens with zero attached hydrogens (tertiary/aromatic N) is 2. The number of fused-ring (bicyclic) bond motifs is 8. The molecule has 7 rings (SSSR count). The Morgan fingerprint density at radius 3 is 1.21 bits per heavy atom. The predicted octanol–water partition coefficient (Wildman–Crippen LogP) is 9.51. The molecule has 184 valence electrons. The third-order valence-electron chi connectivity index (χ3n) is 6.75. The van der Waals surface area contributed by atoms with E-state index in [0.29, 0.717) is 0 Å². The van der Waals surface area contributed by atoms with Gasteiger partial charge in [-0.3, -0.25) is 0 Å². The van der Waals surface area contributed by atoms with Gasteiger partial charge in [0.1, 0.15) is 0 Å². The number of H-pyrrole nitrogens is 2. The molecule has 0 saturated carbocycles. The largest absolute Gasteiger partial charge is 0.354 e. The Balaban J connectivity index is 0.00000277. The summed E-state index contributed by atoms with van der Waals surface area (Å²) in [5, 5.41) is 0. The second-order valence-corrected chi connectivity index (χ2v) is 10.7. The average molecular weight is 686 g/mol. The number of aromatic amines is 2. The molecule has 0 spiro atoms. The van der Waals surface area contributed by atoms with Crippen molar-refractivity contribution in [3.05, 3.63) is 117 Å². The fourth-order valence-corrected chi connectivity index (χ4v) is 5.86. The molecule has 2 N–H and O–H groups in total. The molecule has 2 aromatic carbocycles. The molecule has 5 heterocycles. The van der Waals surface area contributed by atoms with Crippen molar-refractivity contribution in [3.63, 3.8) is 0 Å². The van der Waals surface area contributed by atoms with E-state index in [2.05, 4.69) is 139 Å². The van der Waals surface area contributed by atoms with Crippen LogP contribution in [0, 0.1) is 0 Å². The van der Waals surface area contributed by atoms with Gasteiger partial charge in [0, 0.05) is 41.6 Å². The zero-order chi connectivity index (χ0) is 25.6. The predicted molar refractivity (Wildman–Crippen MR) is 165 cm³/mol. The van der Waals surface area contributed by atoms with Crippen LogP contribution in [0.15, 0.2) is 93.9 Å². The van der Waals surface area contributed by atoms with Crippen molar-refractivity contribution < 1.29 is 19.5 Å². The Kier molecular flexibility index (Phi) is 7.07. The van der Waals surface area contributed by atoms with Gasteiger partial charge >= 0.3 is 0 Å². The van der Waals surface area contributed by atoms with Crippen molar-refractivity contribution in [1.29, 1.82) is 0 Å². The molecule has 39 heavy (non-hydrogen) atoms. The zero-order valence-corrected chi connectivity index (χ0v) is 26.9. The maximum atomic E-state index is 5.05. The molecule has 0 saturated heterocycles. The monoisotopic (exact) mass is 682 g/mol. The number of hydrogen-bond acceptors (Lipinski definition) is 2. The Morgan fingerprint density at radius 2 is 0.795 bits per heavy atom. The summed E-state index contributed by atoms with van der Waals surface area (Å²) in [6.07, 6.45) is 8.26. The number of halogens is 2. The average Bonchev–Trinajstić information content (AvgIpc) is 3.77. The van der Waals surface area contributed by atoms with Gasteiger partial charge in [0.15, 0.2) is 0 Å². The van der Waals surface area contributed by atoms with Crippen molar-refractivity contribution in [1.82, 2.24) is 19.9 Å². The molecular formula is C32H20Br2N4Zn. The summed E-state index contributed by atoms with van der Waals surface area (Å²) in [4.78, 5) is 17.3. The molecule has 8 bridgehead atoms. The molecule has 3 aromatic heterocycles. The first-order valence-corrected chi connectivity index (χ1v) is 13.8. The third kappa shape index (κ3) is 4.69. The topological polar surface area (TPSA) is 57.4 Å². The Bertz CT molecular complexity index is 1800. The van der Waals surface area contributed by atoms with Gasteiger partial charge in [-0.25, -0.2) is 9.97 Å². The van der Waals surface area contributed by atoms with Crippen LogP contribution in [0.25, 0.3) is 68.6 Å². The van der Waals surface area contributed by atoms with Gasteiger partial charge in [0.2, 0.25) is 0 Å². The summed E-state index contributed by atoms with van der Waals surface area (Å²) in [7, 11) is 0. The van der Waals surface area contributed by atoms with E-state index in [-0.39, 0.29) is 19.5 Å². The van der Waals surface area contributed by atoms with Gasteiger partial charge in [-0.1, -0.05) is 60.7 Å². The third-order valence-corrected chi connectivity index (χ3v) is 8.42. The Morgan fingerprint density at radius 1 is 0.436 bits per heavy atom. The molecule has 4 nitrogen and oxygen atoms in total. The van der Waals surface area contributed by atoms with E-state index in [1.54, 1.807) is 0 Å². The number of hydrogen-bond donors (Lipinski definition) is 2. The number of aromatic nitrogens is 4. The molecule has 0 unspecified atom stereocenters. The molecule has 0 fully saturated rings. The van der Waals surface area contributed by atoms with Crippen molar-refractivity contribution in [2.24, 2.45) is 0 Å². The fraction of sp³-hybridized carbons (Fsp3) is 0. The summed E-state index contributed by atoms with van der Waals surface area (Å²) in [5.74, 6) is 0. The van der Waals surface area contributed by atoms with Crippen LogP contribution in [0.3, 0.4) is 0 Å². The van der Waals surface area contributed by atoms with Crippen molar-refractivity contribution in [2.75, 3.05) is 0 Å². The zero-order valence-electron chi connectivity index (χ0n) is 20.7. The second-order valence-electron chi connectivity index (χ2n) is 9.11.